The Labute approximate surface area is 154 Å². The molecule has 0 saturated carbocycles. The molecule has 11 heteroatoms. The van der Waals surface area contributed by atoms with Crippen molar-refractivity contribution in [2.24, 2.45) is 5.14 Å². The van der Waals surface area contributed by atoms with Gasteiger partial charge < -0.3 is 10.6 Å². The minimum atomic E-state index is -3.86. The fourth-order valence-electron chi connectivity index (χ4n) is 1.98. The summed E-state index contributed by atoms with van der Waals surface area (Å²) in [5.74, 6) is -0.785. The Balaban J connectivity index is 2.16. The molecule has 0 spiro atoms. The van der Waals surface area contributed by atoms with Crippen molar-refractivity contribution in [3.63, 3.8) is 0 Å². The number of amides is 1. The van der Waals surface area contributed by atoms with Crippen LogP contribution in [0.3, 0.4) is 0 Å². The first-order valence-electron chi connectivity index (χ1n) is 7.27. The van der Waals surface area contributed by atoms with Crippen molar-refractivity contribution in [2.75, 3.05) is 10.6 Å². The number of carbonyl (C=O) groups is 1. The van der Waals surface area contributed by atoms with E-state index in [1.54, 1.807) is 12.1 Å². The molecule has 2 aromatic rings. The third kappa shape index (κ3) is 5.11. The molecule has 0 aliphatic heterocycles. The zero-order valence-electron chi connectivity index (χ0n) is 13.6. The summed E-state index contributed by atoms with van der Waals surface area (Å²) in [5.41, 5.74) is -0.214. The minimum Gasteiger partial charge on any atom is -0.355 e. The largest absolute Gasteiger partial charge is 0.355 e. The number of para-hydroxylation sites is 2. The Morgan fingerprint density at radius 2 is 1.81 bits per heavy atom. The van der Waals surface area contributed by atoms with Crippen molar-refractivity contribution in [2.45, 2.75) is 4.90 Å². The number of nitrogens with one attached hydrogen (secondary N) is 2. The standard InChI is InChI=1S/C16H13N5O5S/c17-9-11(10-19-14-3-1-2-4-15(14)21(23)24)16(22)20-12-5-7-13(8-6-12)27(18,25)26/h1-8,10,19H,(H,20,22)(H2,18,25,26)/b11-10-. The monoisotopic (exact) mass is 387 g/mol. The summed E-state index contributed by atoms with van der Waals surface area (Å²) in [6.45, 7) is 0. The number of nitriles is 1. The molecule has 0 radical (unpaired) electrons. The number of primary sulfonamides is 1. The summed E-state index contributed by atoms with van der Waals surface area (Å²) >= 11 is 0. The van der Waals surface area contributed by atoms with E-state index in [9.17, 15) is 23.3 Å². The number of rotatable bonds is 6. The molecule has 4 N–H and O–H groups in total. The van der Waals surface area contributed by atoms with Gasteiger partial charge in [-0.1, -0.05) is 12.1 Å². The van der Waals surface area contributed by atoms with E-state index in [-0.39, 0.29) is 27.5 Å². The van der Waals surface area contributed by atoms with Crippen LogP contribution in [0, 0.1) is 21.4 Å². The number of hydrogen-bond acceptors (Lipinski definition) is 7. The predicted molar refractivity (Wildman–Crippen MR) is 96.9 cm³/mol. The highest BCUT2D eigenvalue weighted by Gasteiger charge is 2.14. The summed E-state index contributed by atoms with van der Waals surface area (Å²) < 4.78 is 22.4. The molecule has 2 rings (SSSR count). The average molecular weight is 387 g/mol. The van der Waals surface area contributed by atoms with Crippen molar-refractivity contribution in [1.29, 1.82) is 5.26 Å². The maximum Gasteiger partial charge on any atom is 0.292 e. The maximum atomic E-state index is 12.1. The molecule has 0 atom stereocenters. The van der Waals surface area contributed by atoms with Crippen molar-refractivity contribution in [3.05, 3.63) is 70.4 Å². The van der Waals surface area contributed by atoms with Gasteiger partial charge in [-0.05, 0) is 30.3 Å². The van der Waals surface area contributed by atoms with Crippen LogP contribution in [0.2, 0.25) is 0 Å². The third-order valence-electron chi connectivity index (χ3n) is 3.28. The number of nitrogens with two attached hydrogens (primary N) is 1. The van der Waals surface area contributed by atoms with Crippen LogP contribution in [0.1, 0.15) is 0 Å². The lowest BCUT2D eigenvalue weighted by Gasteiger charge is -2.06. The molecule has 10 nitrogen and oxygen atoms in total. The first-order valence-corrected chi connectivity index (χ1v) is 8.81. The van der Waals surface area contributed by atoms with Crippen molar-refractivity contribution < 1.29 is 18.1 Å². The highest BCUT2D eigenvalue weighted by molar-refractivity contribution is 7.89. The zero-order valence-corrected chi connectivity index (χ0v) is 14.4. The Kier molecular flexibility index (Phi) is 5.86. The summed E-state index contributed by atoms with van der Waals surface area (Å²) in [7, 11) is -3.86. The fourth-order valence-corrected chi connectivity index (χ4v) is 2.50. The lowest BCUT2D eigenvalue weighted by molar-refractivity contribution is -0.383. The van der Waals surface area contributed by atoms with Gasteiger partial charge in [0.05, 0.1) is 9.82 Å². The molecule has 138 valence electrons. The topological polar surface area (TPSA) is 168 Å². The fraction of sp³-hybridized carbons (Fsp3) is 0. The number of sulfonamides is 1. The van der Waals surface area contributed by atoms with Gasteiger partial charge in [-0.15, -0.1) is 0 Å². The van der Waals surface area contributed by atoms with Crippen LogP contribution in [0.5, 0.6) is 0 Å². The van der Waals surface area contributed by atoms with Gasteiger partial charge in [0.1, 0.15) is 17.3 Å². The number of carbonyl (C=O) groups excluding carboxylic acids is 1. The number of nitrogens with zero attached hydrogens (tertiary/aromatic N) is 2. The number of anilines is 2. The molecule has 0 heterocycles. The van der Waals surface area contributed by atoms with Gasteiger partial charge in [0.2, 0.25) is 10.0 Å². The lowest BCUT2D eigenvalue weighted by atomic mass is 10.2. The number of nitro benzene ring substituents is 1. The van der Waals surface area contributed by atoms with Gasteiger partial charge in [-0.3, -0.25) is 14.9 Å². The van der Waals surface area contributed by atoms with E-state index in [1.165, 1.54) is 42.5 Å². The third-order valence-corrected chi connectivity index (χ3v) is 4.21. The van der Waals surface area contributed by atoms with Gasteiger partial charge in [0, 0.05) is 18.0 Å². The Morgan fingerprint density at radius 1 is 1.19 bits per heavy atom. The molecule has 0 unspecified atom stereocenters. The molecule has 2 aromatic carbocycles. The van der Waals surface area contributed by atoms with Gasteiger partial charge in [0.15, 0.2) is 0 Å². The van der Waals surface area contributed by atoms with E-state index in [0.717, 1.165) is 6.20 Å². The molecule has 0 aliphatic rings. The maximum absolute atomic E-state index is 12.1. The van der Waals surface area contributed by atoms with Crippen molar-refractivity contribution in [1.82, 2.24) is 0 Å². The van der Waals surface area contributed by atoms with E-state index >= 15 is 0 Å². The number of benzene rings is 2. The van der Waals surface area contributed by atoms with Crippen LogP contribution in [-0.2, 0) is 14.8 Å². The summed E-state index contributed by atoms with van der Waals surface area (Å²) in [6, 6.07) is 12.4. The average Bonchev–Trinajstić information content (AvgIpc) is 2.62. The van der Waals surface area contributed by atoms with E-state index in [4.69, 9.17) is 10.4 Å². The van der Waals surface area contributed by atoms with E-state index < -0.39 is 20.9 Å². The van der Waals surface area contributed by atoms with Gasteiger partial charge in [0.25, 0.3) is 11.6 Å². The van der Waals surface area contributed by atoms with Crippen molar-refractivity contribution in [3.8, 4) is 6.07 Å². The predicted octanol–water partition coefficient (Wildman–Crippen LogP) is 1.70. The second-order valence-corrected chi connectivity index (χ2v) is 6.67. The second-order valence-electron chi connectivity index (χ2n) is 5.11. The summed E-state index contributed by atoms with van der Waals surface area (Å²) in [6.07, 6.45) is 1.04. The molecular weight excluding hydrogens is 374 g/mol. The first kappa shape index (κ1) is 19.6. The Hall–Kier alpha value is -3.75. The Bertz CT molecular complexity index is 1060. The van der Waals surface area contributed by atoms with E-state index in [2.05, 4.69) is 10.6 Å². The molecule has 0 fully saturated rings. The van der Waals surface area contributed by atoms with Crippen LogP contribution in [0.25, 0.3) is 0 Å². The second kappa shape index (κ2) is 8.09. The molecule has 0 aliphatic carbocycles. The minimum absolute atomic E-state index is 0.112. The van der Waals surface area contributed by atoms with E-state index in [0.29, 0.717) is 0 Å². The molecule has 0 bridgehead atoms. The Morgan fingerprint density at radius 3 is 2.37 bits per heavy atom. The van der Waals surface area contributed by atoms with Crippen LogP contribution in [-0.4, -0.2) is 19.2 Å². The van der Waals surface area contributed by atoms with Crippen LogP contribution in [0.4, 0.5) is 17.1 Å². The normalized spacial score (nSPS) is 11.3. The number of hydrogen-bond donors (Lipinski definition) is 3. The quantitative estimate of drug-likeness (QED) is 0.293. The van der Waals surface area contributed by atoms with Gasteiger partial charge >= 0.3 is 0 Å². The molecule has 27 heavy (non-hydrogen) atoms. The first-order chi connectivity index (χ1) is 12.7. The van der Waals surface area contributed by atoms with Crippen LogP contribution >= 0.6 is 0 Å². The highest BCUT2D eigenvalue weighted by atomic mass is 32.2. The summed E-state index contributed by atoms with van der Waals surface area (Å²) in [4.78, 5) is 22.4. The smallest absolute Gasteiger partial charge is 0.292 e. The molecule has 0 aromatic heterocycles. The van der Waals surface area contributed by atoms with Crippen LogP contribution < -0.4 is 15.8 Å². The van der Waals surface area contributed by atoms with Crippen molar-refractivity contribution >= 4 is 33.0 Å². The van der Waals surface area contributed by atoms with Gasteiger partial charge in [-0.2, -0.15) is 5.26 Å². The number of nitro groups is 1. The van der Waals surface area contributed by atoms with Gasteiger partial charge in [-0.25, -0.2) is 13.6 Å². The van der Waals surface area contributed by atoms with E-state index in [1.807, 2.05) is 0 Å². The SMILES string of the molecule is N#C/C(=C/Nc1ccccc1[N+](=O)[O-])C(=O)Nc1ccc(S(N)(=O)=O)cc1. The molecule has 0 saturated heterocycles. The molecular formula is C16H13N5O5S. The summed E-state index contributed by atoms with van der Waals surface area (Å²) in [5, 5.41) is 30.0. The molecule has 1 amide bonds. The zero-order chi connectivity index (χ0) is 20.0. The van der Waals surface area contributed by atoms with Crippen LogP contribution in [0.15, 0.2) is 65.2 Å². The lowest BCUT2D eigenvalue weighted by Crippen LogP contribution is -2.15. The highest BCUT2D eigenvalue weighted by Crippen LogP contribution is 2.23.